The number of rotatable bonds is 7. The number of alkyl halides is 3. The quantitative estimate of drug-likeness (QED) is 0.444. The summed E-state index contributed by atoms with van der Waals surface area (Å²) in [7, 11) is 0. The third-order valence-electron chi connectivity index (χ3n) is 6.47. The van der Waals surface area contributed by atoms with Crippen molar-refractivity contribution in [2.24, 2.45) is 5.92 Å². The number of imide groups is 1. The van der Waals surface area contributed by atoms with Crippen molar-refractivity contribution < 1.29 is 22.8 Å². The van der Waals surface area contributed by atoms with Gasteiger partial charge in [0.05, 0.1) is 16.7 Å². The minimum atomic E-state index is -4.30. The van der Waals surface area contributed by atoms with E-state index in [4.69, 9.17) is 0 Å². The van der Waals surface area contributed by atoms with Crippen LogP contribution in [0, 0.1) is 5.92 Å². The minimum Gasteiger partial charge on any atom is -0.303 e. The van der Waals surface area contributed by atoms with Gasteiger partial charge in [-0.2, -0.15) is 13.2 Å². The summed E-state index contributed by atoms with van der Waals surface area (Å²) in [5.41, 5.74) is 1.14. The summed E-state index contributed by atoms with van der Waals surface area (Å²) in [6, 6.07) is 12.6. The maximum absolute atomic E-state index is 12.9. The fourth-order valence-electron chi connectivity index (χ4n) is 4.67. The summed E-state index contributed by atoms with van der Waals surface area (Å²) in [6.07, 6.45) is -0.0331. The first-order valence-corrected chi connectivity index (χ1v) is 11.2. The Labute approximate surface area is 186 Å². The van der Waals surface area contributed by atoms with Crippen molar-refractivity contribution >= 4 is 11.8 Å². The molecule has 2 heterocycles. The third kappa shape index (κ3) is 5.04. The van der Waals surface area contributed by atoms with E-state index in [0.29, 0.717) is 30.0 Å². The Hall–Kier alpha value is -2.67. The van der Waals surface area contributed by atoms with Crippen LogP contribution in [0.25, 0.3) is 0 Å². The Bertz CT molecular complexity index is 946. The van der Waals surface area contributed by atoms with Gasteiger partial charge in [0.15, 0.2) is 0 Å². The van der Waals surface area contributed by atoms with Crippen LogP contribution in [0.2, 0.25) is 0 Å². The lowest BCUT2D eigenvalue weighted by Gasteiger charge is -2.32. The first-order chi connectivity index (χ1) is 15.3. The summed E-state index contributed by atoms with van der Waals surface area (Å²) in [6.45, 7) is 3.19. The number of hydrogen-bond donors (Lipinski definition) is 0. The highest BCUT2D eigenvalue weighted by molar-refractivity contribution is 6.21. The molecule has 0 spiro atoms. The Balaban J connectivity index is 1.17. The molecule has 2 aliphatic rings. The summed E-state index contributed by atoms with van der Waals surface area (Å²) in [5.74, 6) is -0.0184. The standard InChI is InChI=1S/C25H27F3N2O2/c26-25(27,28)20-7-5-6-19(17-20)16-18-10-14-29(15-11-18)12-3-4-13-30-23(31)21-8-1-2-9-22(21)24(30)32/h1-2,5-9,17-18H,3-4,10-16H2. The van der Waals surface area contributed by atoms with E-state index in [1.807, 2.05) is 0 Å². The largest absolute Gasteiger partial charge is 0.416 e. The molecule has 0 bridgehead atoms. The highest BCUT2D eigenvalue weighted by atomic mass is 19.4. The molecule has 2 aromatic rings. The number of carbonyl (C=O) groups excluding carboxylic acids is 2. The highest BCUT2D eigenvalue weighted by Crippen LogP contribution is 2.31. The van der Waals surface area contributed by atoms with E-state index in [-0.39, 0.29) is 11.8 Å². The molecule has 0 atom stereocenters. The lowest BCUT2D eigenvalue weighted by atomic mass is 9.89. The molecule has 4 nitrogen and oxygen atoms in total. The second kappa shape index (κ2) is 9.45. The zero-order valence-electron chi connectivity index (χ0n) is 17.9. The molecule has 0 saturated carbocycles. The molecule has 32 heavy (non-hydrogen) atoms. The highest BCUT2D eigenvalue weighted by Gasteiger charge is 2.34. The zero-order chi connectivity index (χ0) is 22.7. The molecule has 2 amide bonds. The molecule has 1 saturated heterocycles. The van der Waals surface area contributed by atoms with Crippen molar-refractivity contribution in [2.45, 2.75) is 38.3 Å². The first kappa shape index (κ1) is 22.5. The molecule has 4 rings (SSSR count). The molecule has 7 heteroatoms. The molecule has 0 aliphatic carbocycles. The number of benzene rings is 2. The van der Waals surface area contributed by atoms with Gasteiger partial charge in [0.1, 0.15) is 0 Å². The second-order valence-corrected chi connectivity index (χ2v) is 8.70. The average Bonchev–Trinajstić information content (AvgIpc) is 3.02. The van der Waals surface area contributed by atoms with Crippen LogP contribution in [0.3, 0.4) is 0 Å². The van der Waals surface area contributed by atoms with Gasteiger partial charge in [-0.25, -0.2) is 0 Å². The van der Waals surface area contributed by atoms with Gasteiger partial charge in [0.2, 0.25) is 0 Å². The van der Waals surface area contributed by atoms with Crippen LogP contribution in [0.5, 0.6) is 0 Å². The van der Waals surface area contributed by atoms with E-state index in [0.717, 1.165) is 56.9 Å². The van der Waals surface area contributed by atoms with Crippen LogP contribution < -0.4 is 0 Å². The van der Waals surface area contributed by atoms with E-state index in [9.17, 15) is 22.8 Å². The zero-order valence-corrected chi connectivity index (χ0v) is 17.9. The van der Waals surface area contributed by atoms with E-state index < -0.39 is 11.7 Å². The topological polar surface area (TPSA) is 40.6 Å². The molecule has 0 N–H and O–H groups in total. The van der Waals surface area contributed by atoms with Crippen LogP contribution in [0.15, 0.2) is 48.5 Å². The monoisotopic (exact) mass is 444 g/mol. The number of likely N-dealkylation sites (tertiary alicyclic amines) is 1. The van der Waals surface area contributed by atoms with Crippen LogP contribution in [0.1, 0.15) is 57.5 Å². The van der Waals surface area contributed by atoms with Gasteiger partial charge in [-0.15, -0.1) is 0 Å². The Morgan fingerprint density at radius 2 is 1.47 bits per heavy atom. The molecule has 2 aliphatic heterocycles. The molecular formula is C25H27F3N2O2. The van der Waals surface area contributed by atoms with Crippen molar-refractivity contribution in [1.82, 2.24) is 9.80 Å². The van der Waals surface area contributed by atoms with Crippen LogP contribution in [0.4, 0.5) is 13.2 Å². The van der Waals surface area contributed by atoms with Crippen LogP contribution in [-0.2, 0) is 12.6 Å². The van der Waals surface area contributed by atoms with Gasteiger partial charge in [0, 0.05) is 6.54 Å². The van der Waals surface area contributed by atoms with Gasteiger partial charge >= 0.3 is 6.18 Å². The molecule has 2 aromatic carbocycles. The molecule has 0 radical (unpaired) electrons. The fraction of sp³-hybridized carbons (Fsp3) is 0.440. The maximum atomic E-state index is 12.9. The van der Waals surface area contributed by atoms with Crippen molar-refractivity contribution in [3.8, 4) is 0 Å². The summed E-state index contributed by atoms with van der Waals surface area (Å²) >= 11 is 0. The number of piperidine rings is 1. The average molecular weight is 444 g/mol. The predicted octanol–water partition coefficient (Wildman–Crippen LogP) is 5.04. The van der Waals surface area contributed by atoms with E-state index in [2.05, 4.69) is 4.90 Å². The SMILES string of the molecule is O=C1c2ccccc2C(=O)N1CCCCN1CCC(Cc2cccc(C(F)(F)F)c2)CC1. The van der Waals surface area contributed by atoms with Gasteiger partial charge < -0.3 is 4.90 Å². The lowest BCUT2D eigenvalue weighted by molar-refractivity contribution is -0.137. The second-order valence-electron chi connectivity index (χ2n) is 8.70. The number of nitrogens with zero attached hydrogens (tertiary/aromatic N) is 2. The summed E-state index contributed by atoms with van der Waals surface area (Å²) < 4.78 is 38.7. The lowest BCUT2D eigenvalue weighted by Crippen LogP contribution is -2.36. The third-order valence-corrected chi connectivity index (χ3v) is 6.47. The van der Waals surface area contributed by atoms with E-state index in [1.54, 1.807) is 30.3 Å². The van der Waals surface area contributed by atoms with Crippen molar-refractivity contribution in [3.63, 3.8) is 0 Å². The summed E-state index contributed by atoms with van der Waals surface area (Å²) in [4.78, 5) is 28.5. The van der Waals surface area contributed by atoms with Crippen LogP contribution >= 0.6 is 0 Å². The first-order valence-electron chi connectivity index (χ1n) is 11.2. The van der Waals surface area contributed by atoms with Crippen molar-refractivity contribution in [3.05, 3.63) is 70.8 Å². The number of halogens is 3. The molecule has 170 valence electrons. The summed E-state index contributed by atoms with van der Waals surface area (Å²) in [5, 5.41) is 0. The predicted molar refractivity (Wildman–Crippen MR) is 115 cm³/mol. The van der Waals surface area contributed by atoms with Gasteiger partial charge in [0.25, 0.3) is 11.8 Å². The van der Waals surface area contributed by atoms with Gasteiger partial charge in [-0.05, 0) is 81.4 Å². The Morgan fingerprint density at radius 3 is 2.09 bits per heavy atom. The molecule has 1 fully saturated rings. The normalized spacial score (nSPS) is 17.8. The number of unbranched alkanes of at least 4 members (excludes halogenated alkanes) is 1. The van der Waals surface area contributed by atoms with E-state index in [1.165, 1.54) is 17.0 Å². The van der Waals surface area contributed by atoms with Crippen molar-refractivity contribution in [2.75, 3.05) is 26.2 Å². The number of amides is 2. The minimum absolute atomic E-state index is 0.207. The molecule has 0 unspecified atom stereocenters. The van der Waals surface area contributed by atoms with Crippen molar-refractivity contribution in [1.29, 1.82) is 0 Å². The Kier molecular flexibility index (Phi) is 6.65. The Morgan fingerprint density at radius 1 is 0.844 bits per heavy atom. The van der Waals surface area contributed by atoms with Gasteiger partial charge in [-0.1, -0.05) is 30.3 Å². The smallest absolute Gasteiger partial charge is 0.303 e. The van der Waals surface area contributed by atoms with Gasteiger partial charge in [-0.3, -0.25) is 14.5 Å². The maximum Gasteiger partial charge on any atom is 0.416 e. The van der Waals surface area contributed by atoms with Crippen LogP contribution in [-0.4, -0.2) is 47.8 Å². The number of carbonyl (C=O) groups is 2. The van der Waals surface area contributed by atoms with E-state index >= 15 is 0 Å². The fourth-order valence-corrected chi connectivity index (χ4v) is 4.67. The molecule has 0 aromatic heterocycles. The molecular weight excluding hydrogens is 417 g/mol. The number of fused-ring (bicyclic) bond motifs is 1. The number of hydrogen-bond acceptors (Lipinski definition) is 3.